The number of aliphatic hydroxyl groups excluding tert-OH is 1. The molecular weight excluding hydrogens is 208 g/mol. The number of nitrogens with zero attached hydrogens (tertiary/aromatic N) is 2. The number of carbonyl (C=O) groups is 1. The third-order valence-electron chi connectivity index (χ3n) is 2.69. The van der Waals surface area contributed by atoms with E-state index < -0.39 is 5.92 Å². The molecule has 1 fully saturated rings. The summed E-state index contributed by atoms with van der Waals surface area (Å²) in [7, 11) is 0. The number of ether oxygens (including phenoxy) is 1. The van der Waals surface area contributed by atoms with Crippen molar-refractivity contribution in [1.29, 1.82) is 5.26 Å². The summed E-state index contributed by atoms with van der Waals surface area (Å²) in [5, 5.41) is 17.9. The van der Waals surface area contributed by atoms with Crippen LogP contribution in [-0.4, -0.2) is 48.3 Å². The van der Waals surface area contributed by atoms with E-state index >= 15 is 0 Å². The van der Waals surface area contributed by atoms with Crippen LogP contribution >= 0.6 is 0 Å². The van der Waals surface area contributed by atoms with E-state index in [1.807, 2.05) is 13.0 Å². The Bertz CT molecular complexity index is 275. The van der Waals surface area contributed by atoms with E-state index in [4.69, 9.17) is 15.1 Å². The Labute approximate surface area is 95.6 Å². The zero-order valence-corrected chi connectivity index (χ0v) is 9.56. The monoisotopic (exact) mass is 226 g/mol. The molecule has 5 nitrogen and oxygen atoms in total. The van der Waals surface area contributed by atoms with Crippen LogP contribution in [0.2, 0.25) is 0 Å². The van der Waals surface area contributed by atoms with Crippen molar-refractivity contribution in [1.82, 2.24) is 4.90 Å². The summed E-state index contributed by atoms with van der Waals surface area (Å²) in [6, 6.07) is 2.04. The molecule has 0 aliphatic carbocycles. The third kappa shape index (κ3) is 3.19. The van der Waals surface area contributed by atoms with Crippen LogP contribution in [0.3, 0.4) is 0 Å². The molecule has 1 aliphatic heterocycles. The fourth-order valence-corrected chi connectivity index (χ4v) is 1.78. The first kappa shape index (κ1) is 12.9. The minimum Gasteiger partial charge on any atom is -0.394 e. The first-order valence-electron chi connectivity index (χ1n) is 5.63. The van der Waals surface area contributed by atoms with Gasteiger partial charge in [0.25, 0.3) is 0 Å². The van der Waals surface area contributed by atoms with Crippen molar-refractivity contribution < 1.29 is 14.6 Å². The molecule has 0 aromatic heterocycles. The molecule has 1 N–H and O–H groups in total. The normalized spacial score (nSPS) is 22.6. The molecule has 0 radical (unpaired) electrons. The Kier molecular flexibility index (Phi) is 5.23. The Morgan fingerprint density at radius 1 is 1.75 bits per heavy atom. The van der Waals surface area contributed by atoms with Crippen molar-refractivity contribution in [3.05, 3.63) is 0 Å². The van der Waals surface area contributed by atoms with Crippen LogP contribution in [0.4, 0.5) is 0 Å². The number of hydrogen-bond donors (Lipinski definition) is 1. The summed E-state index contributed by atoms with van der Waals surface area (Å²) < 4.78 is 5.25. The van der Waals surface area contributed by atoms with Gasteiger partial charge < -0.3 is 14.7 Å². The Hall–Kier alpha value is -1.12. The van der Waals surface area contributed by atoms with Crippen LogP contribution in [0.25, 0.3) is 0 Å². The van der Waals surface area contributed by atoms with Gasteiger partial charge in [0.15, 0.2) is 0 Å². The molecule has 0 bridgehead atoms. The molecule has 1 amide bonds. The molecule has 90 valence electrons. The number of amides is 1. The Morgan fingerprint density at radius 2 is 2.50 bits per heavy atom. The Morgan fingerprint density at radius 3 is 3.06 bits per heavy atom. The van der Waals surface area contributed by atoms with Crippen LogP contribution in [0.5, 0.6) is 0 Å². The van der Waals surface area contributed by atoms with Crippen LogP contribution in [0.1, 0.15) is 19.8 Å². The number of nitriles is 1. The molecule has 2 atom stereocenters. The van der Waals surface area contributed by atoms with Gasteiger partial charge in [0, 0.05) is 13.1 Å². The van der Waals surface area contributed by atoms with Gasteiger partial charge in [-0.3, -0.25) is 4.79 Å². The lowest BCUT2D eigenvalue weighted by molar-refractivity contribution is -0.143. The van der Waals surface area contributed by atoms with Gasteiger partial charge in [-0.2, -0.15) is 5.26 Å². The van der Waals surface area contributed by atoms with Crippen molar-refractivity contribution in [3.8, 4) is 6.07 Å². The molecule has 1 aliphatic rings. The van der Waals surface area contributed by atoms with E-state index in [0.29, 0.717) is 26.1 Å². The summed E-state index contributed by atoms with van der Waals surface area (Å²) in [6.07, 6.45) is 1.10. The second kappa shape index (κ2) is 6.46. The van der Waals surface area contributed by atoms with Gasteiger partial charge in [-0.05, 0) is 6.42 Å². The van der Waals surface area contributed by atoms with E-state index in [0.717, 1.165) is 6.42 Å². The highest BCUT2D eigenvalue weighted by Crippen LogP contribution is 2.13. The highest BCUT2D eigenvalue weighted by atomic mass is 16.5. The van der Waals surface area contributed by atoms with E-state index in [9.17, 15) is 4.79 Å². The fourth-order valence-electron chi connectivity index (χ4n) is 1.78. The van der Waals surface area contributed by atoms with Crippen LogP contribution < -0.4 is 0 Å². The zero-order chi connectivity index (χ0) is 12.0. The summed E-state index contributed by atoms with van der Waals surface area (Å²) in [5.74, 6) is -0.687. The smallest absolute Gasteiger partial charge is 0.240 e. The first-order valence-corrected chi connectivity index (χ1v) is 5.63. The molecule has 0 aromatic rings. The standard InChI is InChI=1S/C11H18N2O3/c1-2-3-9(6-12)11(15)13-4-5-16-10(7-13)8-14/h9-10,14H,2-5,7-8H2,1H3. The molecular formula is C11H18N2O3. The highest BCUT2D eigenvalue weighted by molar-refractivity contribution is 5.81. The number of morpholine rings is 1. The van der Waals surface area contributed by atoms with Gasteiger partial charge >= 0.3 is 0 Å². The maximum absolute atomic E-state index is 11.9. The summed E-state index contributed by atoms with van der Waals surface area (Å²) in [6.45, 7) is 3.19. The van der Waals surface area contributed by atoms with Crippen molar-refractivity contribution >= 4 is 5.91 Å². The van der Waals surface area contributed by atoms with Crippen molar-refractivity contribution in [3.63, 3.8) is 0 Å². The van der Waals surface area contributed by atoms with E-state index in [2.05, 4.69) is 0 Å². The predicted octanol–water partition coefficient (Wildman–Crippen LogP) is 0.146. The summed E-state index contributed by atoms with van der Waals surface area (Å²) in [4.78, 5) is 13.6. The quantitative estimate of drug-likeness (QED) is 0.740. The van der Waals surface area contributed by atoms with Crippen molar-refractivity contribution in [2.45, 2.75) is 25.9 Å². The second-order valence-electron chi connectivity index (χ2n) is 3.93. The average Bonchev–Trinajstić information content (AvgIpc) is 2.35. The molecule has 2 unspecified atom stereocenters. The van der Waals surface area contributed by atoms with Crippen molar-refractivity contribution in [2.75, 3.05) is 26.3 Å². The molecule has 5 heteroatoms. The fraction of sp³-hybridized carbons (Fsp3) is 0.818. The highest BCUT2D eigenvalue weighted by Gasteiger charge is 2.28. The lowest BCUT2D eigenvalue weighted by atomic mass is 10.0. The lowest BCUT2D eigenvalue weighted by Crippen LogP contribution is -2.48. The minimum absolute atomic E-state index is 0.0885. The number of aliphatic hydroxyl groups is 1. The molecule has 16 heavy (non-hydrogen) atoms. The second-order valence-corrected chi connectivity index (χ2v) is 3.93. The van der Waals surface area contributed by atoms with E-state index in [1.165, 1.54) is 0 Å². The minimum atomic E-state index is -0.553. The van der Waals surface area contributed by atoms with Gasteiger partial charge in [0.05, 0.1) is 25.4 Å². The SMILES string of the molecule is CCCC(C#N)C(=O)N1CCOC(CO)C1. The van der Waals surface area contributed by atoms with Gasteiger partial charge in [-0.1, -0.05) is 13.3 Å². The molecule has 0 saturated carbocycles. The lowest BCUT2D eigenvalue weighted by Gasteiger charge is -2.33. The third-order valence-corrected chi connectivity index (χ3v) is 2.69. The summed E-state index contributed by atoms with van der Waals surface area (Å²) >= 11 is 0. The average molecular weight is 226 g/mol. The molecule has 1 saturated heterocycles. The van der Waals surface area contributed by atoms with Gasteiger partial charge in [-0.15, -0.1) is 0 Å². The predicted molar refractivity (Wildman–Crippen MR) is 57.4 cm³/mol. The maximum Gasteiger partial charge on any atom is 0.240 e. The van der Waals surface area contributed by atoms with Crippen LogP contribution in [0.15, 0.2) is 0 Å². The molecule has 0 aromatic carbocycles. The van der Waals surface area contributed by atoms with Gasteiger partial charge in [0.2, 0.25) is 5.91 Å². The van der Waals surface area contributed by atoms with Crippen LogP contribution in [0, 0.1) is 17.2 Å². The molecule has 0 spiro atoms. The largest absolute Gasteiger partial charge is 0.394 e. The van der Waals surface area contributed by atoms with Gasteiger partial charge in [-0.25, -0.2) is 0 Å². The number of hydrogen-bond acceptors (Lipinski definition) is 4. The maximum atomic E-state index is 11.9. The van der Waals surface area contributed by atoms with E-state index in [-0.39, 0.29) is 18.6 Å². The summed E-state index contributed by atoms with van der Waals surface area (Å²) in [5.41, 5.74) is 0. The topological polar surface area (TPSA) is 73.6 Å². The van der Waals surface area contributed by atoms with Crippen molar-refractivity contribution in [2.24, 2.45) is 5.92 Å². The van der Waals surface area contributed by atoms with Crippen LogP contribution in [-0.2, 0) is 9.53 Å². The van der Waals surface area contributed by atoms with Gasteiger partial charge in [0.1, 0.15) is 5.92 Å². The molecule has 1 rings (SSSR count). The zero-order valence-electron chi connectivity index (χ0n) is 9.56. The van der Waals surface area contributed by atoms with E-state index in [1.54, 1.807) is 4.90 Å². The number of carbonyl (C=O) groups excluding carboxylic acids is 1. The Balaban J connectivity index is 2.55. The number of rotatable bonds is 4. The molecule has 1 heterocycles. The first-order chi connectivity index (χ1) is 7.72.